The van der Waals surface area contributed by atoms with Crippen LogP contribution >= 0.6 is 22.7 Å². The van der Waals surface area contributed by atoms with Crippen LogP contribution in [0.25, 0.3) is 20.4 Å². The first kappa shape index (κ1) is 19.8. The highest BCUT2D eigenvalue weighted by Gasteiger charge is 2.31. The van der Waals surface area contributed by atoms with E-state index in [9.17, 15) is 8.78 Å². The van der Waals surface area contributed by atoms with Gasteiger partial charge < -0.3 is 5.32 Å². The number of thiazole rings is 1. The molecule has 0 radical (unpaired) electrons. The van der Waals surface area contributed by atoms with Gasteiger partial charge in [0.1, 0.15) is 4.83 Å². The summed E-state index contributed by atoms with van der Waals surface area (Å²) in [5, 5.41) is 4.59. The number of fused-ring (bicyclic) bond motifs is 2. The fourth-order valence-electron chi connectivity index (χ4n) is 4.37. The van der Waals surface area contributed by atoms with Gasteiger partial charge in [0.05, 0.1) is 28.0 Å². The SMILES string of the molecule is CC1C(c2cc3c(Nc4ccc5scnc5c4)ccnc3s2)CCCN1CC(F)F. The molecule has 2 unspecified atom stereocenters. The van der Waals surface area contributed by atoms with Crippen molar-refractivity contribution in [2.24, 2.45) is 0 Å². The maximum atomic E-state index is 13.0. The van der Waals surface area contributed by atoms with Crippen LogP contribution in [0.2, 0.25) is 0 Å². The number of nitrogens with zero attached hydrogens (tertiary/aromatic N) is 3. The Morgan fingerprint density at radius 2 is 2.13 bits per heavy atom. The third-order valence-electron chi connectivity index (χ3n) is 5.92. The van der Waals surface area contributed by atoms with Crippen LogP contribution in [0.1, 0.15) is 30.6 Å². The number of anilines is 2. The van der Waals surface area contributed by atoms with Crippen LogP contribution in [0, 0.1) is 0 Å². The Morgan fingerprint density at radius 1 is 1.23 bits per heavy atom. The van der Waals surface area contributed by atoms with Crippen LogP contribution in [0.4, 0.5) is 20.2 Å². The Bertz CT molecular complexity index is 1170. The molecule has 3 aromatic heterocycles. The minimum absolute atomic E-state index is 0.101. The highest BCUT2D eigenvalue weighted by atomic mass is 32.1. The molecule has 30 heavy (non-hydrogen) atoms. The zero-order chi connectivity index (χ0) is 20.7. The lowest BCUT2D eigenvalue weighted by Crippen LogP contribution is -2.44. The zero-order valence-electron chi connectivity index (χ0n) is 16.5. The molecule has 1 N–H and O–H groups in total. The number of hydrogen-bond donors (Lipinski definition) is 1. The van der Waals surface area contributed by atoms with E-state index in [2.05, 4.69) is 46.5 Å². The van der Waals surface area contributed by atoms with E-state index in [1.54, 1.807) is 22.7 Å². The second-order valence-corrected chi connectivity index (χ2v) is 9.71. The van der Waals surface area contributed by atoms with Gasteiger partial charge in [0.2, 0.25) is 0 Å². The number of alkyl halides is 2. The van der Waals surface area contributed by atoms with Crippen LogP contribution in [0.15, 0.2) is 42.0 Å². The van der Waals surface area contributed by atoms with Crippen molar-refractivity contribution in [2.45, 2.75) is 38.2 Å². The molecule has 0 amide bonds. The highest BCUT2D eigenvalue weighted by Crippen LogP contribution is 2.40. The molecule has 1 aliphatic heterocycles. The van der Waals surface area contributed by atoms with E-state index in [-0.39, 0.29) is 18.5 Å². The summed E-state index contributed by atoms with van der Waals surface area (Å²) in [6.07, 6.45) is 1.50. The van der Waals surface area contributed by atoms with Crippen molar-refractivity contribution in [1.29, 1.82) is 0 Å². The second-order valence-electron chi connectivity index (χ2n) is 7.76. The number of aromatic nitrogens is 2. The van der Waals surface area contributed by atoms with Gasteiger partial charge in [0, 0.05) is 34.1 Å². The lowest BCUT2D eigenvalue weighted by Gasteiger charge is -2.38. The Hall–Kier alpha value is -2.16. The minimum atomic E-state index is -2.29. The number of pyridine rings is 1. The van der Waals surface area contributed by atoms with Gasteiger partial charge in [-0.3, -0.25) is 4.90 Å². The fraction of sp³-hybridized carbons (Fsp3) is 0.364. The highest BCUT2D eigenvalue weighted by molar-refractivity contribution is 7.18. The summed E-state index contributed by atoms with van der Waals surface area (Å²) in [4.78, 5) is 13.1. The van der Waals surface area contributed by atoms with Crippen molar-refractivity contribution in [3.63, 3.8) is 0 Å². The van der Waals surface area contributed by atoms with E-state index in [0.29, 0.717) is 0 Å². The van der Waals surface area contributed by atoms with Crippen molar-refractivity contribution in [3.05, 3.63) is 46.9 Å². The molecule has 1 aromatic carbocycles. The molecule has 1 saturated heterocycles. The summed E-state index contributed by atoms with van der Waals surface area (Å²) in [7, 11) is 0. The molecule has 0 aliphatic carbocycles. The number of benzene rings is 1. The lowest BCUT2D eigenvalue weighted by molar-refractivity contribution is 0.0470. The summed E-state index contributed by atoms with van der Waals surface area (Å²) in [6.45, 7) is 2.68. The Balaban J connectivity index is 1.44. The van der Waals surface area contributed by atoms with E-state index in [4.69, 9.17) is 0 Å². The standard InChI is InChI=1S/C22H22F2N4S2/c1-13-15(3-2-8-28(13)11-21(23)24)20-10-16-17(6-7-25-22(16)30-20)27-14-4-5-19-18(9-14)26-12-29-19/h4-7,9-10,12-13,15,21H,2-3,8,11H2,1H3,(H,25,27). The normalized spacial score (nSPS) is 20.4. The third-order valence-corrected chi connectivity index (χ3v) is 7.91. The summed E-state index contributed by atoms with van der Waals surface area (Å²) in [6, 6.07) is 10.5. The van der Waals surface area contributed by atoms with E-state index in [1.165, 1.54) is 4.88 Å². The smallest absolute Gasteiger partial charge is 0.251 e. The number of likely N-dealkylation sites (tertiary alicyclic amines) is 1. The molecule has 0 spiro atoms. The number of rotatable bonds is 5. The third kappa shape index (κ3) is 3.79. The largest absolute Gasteiger partial charge is 0.355 e. The maximum Gasteiger partial charge on any atom is 0.251 e. The minimum Gasteiger partial charge on any atom is -0.355 e. The van der Waals surface area contributed by atoms with E-state index in [0.717, 1.165) is 51.2 Å². The molecule has 5 rings (SSSR count). The van der Waals surface area contributed by atoms with Gasteiger partial charge in [0.15, 0.2) is 0 Å². The number of nitrogens with one attached hydrogen (secondary N) is 1. The van der Waals surface area contributed by atoms with E-state index >= 15 is 0 Å². The van der Waals surface area contributed by atoms with Gasteiger partial charge in [-0.05, 0) is 56.6 Å². The van der Waals surface area contributed by atoms with E-state index < -0.39 is 6.43 Å². The van der Waals surface area contributed by atoms with Crippen LogP contribution in [-0.2, 0) is 0 Å². The van der Waals surface area contributed by atoms with Crippen molar-refractivity contribution >= 4 is 54.5 Å². The molecule has 2 atom stereocenters. The van der Waals surface area contributed by atoms with Crippen molar-refractivity contribution in [3.8, 4) is 0 Å². The second kappa shape index (κ2) is 8.17. The predicted octanol–water partition coefficient (Wildman–Crippen LogP) is 6.48. The summed E-state index contributed by atoms with van der Waals surface area (Å²) < 4.78 is 27.1. The quantitative estimate of drug-likeness (QED) is 0.382. The van der Waals surface area contributed by atoms with Gasteiger partial charge in [-0.15, -0.1) is 22.7 Å². The number of hydrogen-bond acceptors (Lipinski definition) is 6. The first-order valence-electron chi connectivity index (χ1n) is 10.1. The molecule has 1 aliphatic rings. The first-order valence-corrected chi connectivity index (χ1v) is 11.8. The average Bonchev–Trinajstić information content (AvgIpc) is 3.36. The Kier molecular flexibility index (Phi) is 5.39. The molecule has 4 aromatic rings. The monoisotopic (exact) mass is 444 g/mol. The van der Waals surface area contributed by atoms with Gasteiger partial charge in [-0.1, -0.05) is 0 Å². The Morgan fingerprint density at radius 3 is 3.00 bits per heavy atom. The molecule has 0 bridgehead atoms. The molecule has 0 saturated carbocycles. The molecule has 4 nitrogen and oxygen atoms in total. The summed E-state index contributed by atoms with van der Waals surface area (Å²) in [5.74, 6) is 0.260. The van der Waals surface area contributed by atoms with Crippen LogP contribution in [-0.4, -0.2) is 40.4 Å². The first-order chi connectivity index (χ1) is 14.6. The zero-order valence-corrected chi connectivity index (χ0v) is 18.1. The molecule has 1 fully saturated rings. The summed E-state index contributed by atoms with van der Waals surface area (Å²) >= 11 is 3.31. The topological polar surface area (TPSA) is 41.1 Å². The molecular formula is C22H22F2N4S2. The fourth-order valence-corrected chi connectivity index (χ4v) is 6.29. The van der Waals surface area contributed by atoms with Crippen LogP contribution in [0.5, 0.6) is 0 Å². The lowest BCUT2D eigenvalue weighted by atomic mass is 9.88. The number of halogens is 2. The van der Waals surface area contributed by atoms with Gasteiger partial charge >= 0.3 is 0 Å². The maximum absolute atomic E-state index is 13.0. The van der Waals surface area contributed by atoms with Crippen molar-refractivity contribution in [2.75, 3.05) is 18.4 Å². The van der Waals surface area contributed by atoms with Crippen LogP contribution < -0.4 is 5.32 Å². The van der Waals surface area contributed by atoms with Gasteiger partial charge in [0.25, 0.3) is 6.43 Å². The number of thiophene rings is 1. The average molecular weight is 445 g/mol. The van der Waals surface area contributed by atoms with Crippen molar-refractivity contribution < 1.29 is 8.78 Å². The van der Waals surface area contributed by atoms with Gasteiger partial charge in [-0.25, -0.2) is 18.7 Å². The Labute approximate surface area is 181 Å². The predicted molar refractivity (Wildman–Crippen MR) is 122 cm³/mol. The van der Waals surface area contributed by atoms with Crippen LogP contribution in [0.3, 0.4) is 0 Å². The van der Waals surface area contributed by atoms with Crippen molar-refractivity contribution in [1.82, 2.24) is 14.9 Å². The molecule has 156 valence electrons. The van der Waals surface area contributed by atoms with E-state index in [1.807, 2.05) is 22.7 Å². The molecule has 4 heterocycles. The molecular weight excluding hydrogens is 422 g/mol. The molecule has 8 heteroatoms. The number of piperidine rings is 1. The van der Waals surface area contributed by atoms with Gasteiger partial charge in [-0.2, -0.15) is 0 Å². The summed E-state index contributed by atoms with van der Waals surface area (Å²) in [5.41, 5.74) is 4.83.